The van der Waals surface area contributed by atoms with Crippen molar-refractivity contribution in [1.82, 2.24) is 0 Å². The van der Waals surface area contributed by atoms with Gasteiger partial charge in [-0.05, 0) is 18.2 Å². The molecule has 0 radical (unpaired) electrons. The summed E-state index contributed by atoms with van der Waals surface area (Å²) in [6, 6.07) is 4.03. The van der Waals surface area contributed by atoms with Crippen LogP contribution in [0, 0.1) is 11.6 Å². The fourth-order valence-electron chi connectivity index (χ4n) is 1.59. The molecule has 0 bridgehead atoms. The first kappa shape index (κ1) is 15.8. The topological polar surface area (TPSA) is 55.1 Å². The van der Waals surface area contributed by atoms with Crippen LogP contribution < -0.4 is 11.1 Å². The van der Waals surface area contributed by atoms with Gasteiger partial charge in [-0.25, -0.2) is 8.78 Å². The van der Waals surface area contributed by atoms with Gasteiger partial charge in [-0.15, -0.1) is 0 Å². The van der Waals surface area contributed by atoms with Crippen molar-refractivity contribution in [3.05, 3.63) is 56.5 Å². The van der Waals surface area contributed by atoms with Gasteiger partial charge in [0.05, 0.1) is 26.4 Å². The maximum absolute atomic E-state index is 13.6. The lowest BCUT2D eigenvalue weighted by Gasteiger charge is -2.10. The van der Waals surface area contributed by atoms with Crippen molar-refractivity contribution < 1.29 is 13.6 Å². The molecule has 0 spiro atoms. The van der Waals surface area contributed by atoms with Gasteiger partial charge in [-0.2, -0.15) is 0 Å². The molecule has 0 saturated heterocycles. The first-order valence-electron chi connectivity index (χ1n) is 5.50. The van der Waals surface area contributed by atoms with E-state index in [4.69, 9.17) is 40.5 Å². The van der Waals surface area contributed by atoms with E-state index in [0.29, 0.717) is 6.07 Å². The highest BCUT2D eigenvalue weighted by Crippen LogP contribution is 2.31. The lowest BCUT2D eigenvalue weighted by molar-refractivity contribution is 0.102. The van der Waals surface area contributed by atoms with E-state index in [2.05, 4.69) is 5.32 Å². The van der Waals surface area contributed by atoms with E-state index in [-0.39, 0.29) is 32.0 Å². The Morgan fingerprint density at radius 2 is 1.71 bits per heavy atom. The van der Waals surface area contributed by atoms with Crippen molar-refractivity contribution in [2.75, 3.05) is 11.1 Å². The highest BCUT2D eigenvalue weighted by Gasteiger charge is 2.16. The summed E-state index contributed by atoms with van der Waals surface area (Å²) in [6.07, 6.45) is 0. The Balaban J connectivity index is 2.35. The molecule has 0 aliphatic heterocycles. The van der Waals surface area contributed by atoms with Gasteiger partial charge in [0.1, 0.15) is 5.82 Å². The molecule has 2 aromatic carbocycles. The zero-order valence-electron chi connectivity index (χ0n) is 10.2. The molecule has 0 saturated carbocycles. The largest absolute Gasteiger partial charge is 0.397 e. The molecule has 0 aliphatic rings. The molecule has 0 fully saturated rings. The third kappa shape index (κ3) is 3.37. The van der Waals surface area contributed by atoms with E-state index in [1.807, 2.05) is 0 Å². The van der Waals surface area contributed by atoms with Crippen molar-refractivity contribution in [2.24, 2.45) is 0 Å². The highest BCUT2D eigenvalue weighted by molar-refractivity contribution is 6.44. The summed E-state index contributed by atoms with van der Waals surface area (Å²) >= 11 is 17.3. The summed E-state index contributed by atoms with van der Waals surface area (Å²) in [7, 11) is 0. The molecule has 0 aliphatic carbocycles. The fourth-order valence-corrected chi connectivity index (χ4v) is 2.17. The van der Waals surface area contributed by atoms with Crippen molar-refractivity contribution in [1.29, 1.82) is 0 Å². The number of nitrogens with two attached hydrogens (primary N) is 1. The number of hydrogen-bond acceptors (Lipinski definition) is 2. The Bertz CT molecular complexity index is 691. The molecular weight excluding hydrogens is 345 g/mol. The maximum atomic E-state index is 13.6. The molecule has 8 heteroatoms. The molecule has 0 aromatic heterocycles. The van der Waals surface area contributed by atoms with Gasteiger partial charge in [0, 0.05) is 11.6 Å². The number of carbonyl (C=O) groups excluding carboxylic acids is 1. The smallest absolute Gasteiger partial charge is 0.255 e. The van der Waals surface area contributed by atoms with Gasteiger partial charge >= 0.3 is 0 Å². The van der Waals surface area contributed by atoms with Crippen LogP contribution in [-0.2, 0) is 0 Å². The van der Waals surface area contributed by atoms with Crippen LogP contribution in [0.2, 0.25) is 15.1 Å². The quantitative estimate of drug-likeness (QED) is 0.767. The Labute approximate surface area is 133 Å². The van der Waals surface area contributed by atoms with Crippen molar-refractivity contribution in [3.8, 4) is 0 Å². The van der Waals surface area contributed by atoms with Gasteiger partial charge in [-0.3, -0.25) is 4.79 Å². The summed E-state index contributed by atoms with van der Waals surface area (Å²) in [5.74, 6) is -2.57. The second kappa shape index (κ2) is 6.05. The molecule has 110 valence electrons. The van der Waals surface area contributed by atoms with Gasteiger partial charge in [0.2, 0.25) is 0 Å². The summed E-state index contributed by atoms with van der Waals surface area (Å²) in [5.41, 5.74) is 5.40. The lowest BCUT2D eigenvalue weighted by Crippen LogP contribution is -2.14. The first-order valence-corrected chi connectivity index (χ1v) is 6.63. The zero-order valence-corrected chi connectivity index (χ0v) is 12.5. The monoisotopic (exact) mass is 350 g/mol. The third-order valence-electron chi connectivity index (χ3n) is 2.56. The number of benzene rings is 2. The van der Waals surface area contributed by atoms with Gasteiger partial charge in [0.25, 0.3) is 5.91 Å². The average molecular weight is 352 g/mol. The minimum atomic E-state index is -0.999. The van der Waals surface area contributed by atoms with Crippen LogP contribution in [0.4, 0.5) is 20.2 Å². The van der Waals surface area contributed by atoms with Crippen LogP contribution in [0.25, 0.3) is 0 Å². The Morgan fingerprint density at radius 3 is 2.29 bits per heavy atom. The van der Waals surface area contributed by atoms with E-state index >= 15 is 0 Å². The predicted molar refractivity (Wildman–Crippen MR) is 80.2 cm³/mol. The molecule has 1 amide bonds. The standard InChI is InChI=1S/C13H7Cl3F2N2O/c14-7-1-5(2-10(19)11(7)16)13(21)20-12-8(15)3-6(17)4-9(12)18/h1-4H,19H2,(H,20,21). The minimum absolute atomic E-state index is 0.0571. The van der Waals surface area contributed by atoms with Crippen LogP contribution in [-0.4, -0.2) is 5.91 Å². The summed E-state index contributed by atoms with van der Waals surface area (Å²) in [4.78, 5) is 12.0. The van der Waals surface area contributed by atoms with E-state index < -0.39 is 17.5 Å². The number of amides is 1. The first-order chi connectivity index (χ1) is 9.79. The average Bonchev–Trinajstić information content (AvgIpc) is 2.39. The molecule has 0 unspecified atom stereocenters. The number of nitrogens with one attached hydrogen (secondary N) is 1. The number of halogens is 5. The van der Waals surface area contributed by atoms with Gasteiger partial charge in [0.15, 0.2) is 5.82 Å². The SMILES string of the molecule is Nc1cc(C(=O)Nc2c(F)cc(F)cc2Cl)cc(Cl)c1Cl. The molecule has 21 heavy (non-hydrogen) atoms. The van der Waals surface area contributed by atoms with Crippen LogP contribution in [0.3, 0.4) is 0 Å². The van der Waals surface area contributed by atoms with Gasteiger partial charge in [-0.1, -0.05) is 34.8 Å². The summed E-state index contributed by atoms with van der Waals surface area (Å²) < 4.78 is 26.5. The third-order valence-corrected chi connectivity index (χ3v) is 3.68. The lowest BCUT2D eigenvalue weighted by atomic mass is 10.2. The van der Waals surface area contributed by atoms with Crippen LogP contribution in [0.1, 0.15) is 10.4 Å². The molecule has 3 nitrogen and oxygen atoms in total. The normalized spacial score (nSPS) is 10.5. The maximum Gasteiger partial charge on any atom is 0.255 e. The number of anilines is 2. The predicted octanol–water partition coefficient (Wildman–Crippen LogP) is 4.76. The molecular formula is C13H7Cl3F2N2O. The van der Waals surface area contributed by atoms with Crippen LogP contribution in [0.15, 0.2) is 24.3 Å². The van der Waals surface area contributed by atoms with E-state index in [0.717, 1.165) is 6.07 Å². The van der Waals surface area contributed by atoms with Crippen molar-refractivity contribution >= 4 is 52.1 Å². The molecule has 2 aromatic rings. The zero-order chi connectivity index (χ0) is 15.7. The Morgan fingerprint density at radius 1 is 1.05 bits per heavy atom. The second-order valence-electron chi connectivity index (χ2n) is 4.06. The highest BCUT2D eigenvalue weighted by atomic mass is 35.5. The Hall–Kier alpha value is -1.56. The van der Waals surface area contributed by atoms with E-state index in [9.17, 15) is 13.6 Å². The number of nitrogen functional groups attached to an aromatic ring is 1. The number of carbonyl (C=O) groups is 1. The fraction of sp³-hybridized carbons (Fsp3) is 0. The van der Waals surface area contributed by atoms with E-state index in [1.54, 1.807) is 0 Å². The summed E-state index contributed by atoms with van der Waals surface area (Å²) in [6.45, 7) is 0. The number of hydrogen-bond donors (Lipinski definition) is 2. The number of rotatable bonds is 2. The Kier molecular flexibility index (Phi) is 4.56. The van der Waals surface area contributed by atoms with Crippen LogP contribution in [0.5, 0.6) is 0 Å². The van der Waals surface area contributed by atoms with Crippen molar-refractivity contribution in [3.63, 3.8) is 0 Å². The molecule has 3 N–H and O–H groups in total. The molecule has 0 heterocycles. The van der Waals surface area contributed by atoms with Crippen LogP contribution >= 0.6 is 34.8 Å². The molecule has 2 rings (SSSR count). The van der Waals surface area contributed by atoms with Crippen molar-refractivity contribution in [2.45, 2.75) is 0 Å². The summed E-state index contributed by atoms with van der Waals surface area (Å²) in [5, 5.41) is 2.14. The van der Waals surface area contributed by atoms with E-state index in [1.165, 1.54) is 12.1 Å². The molecule has 0 atom stereocenters. The van der Waals surface area contributed by atoms with Gasteiger partial charge < -0.3 is 11.1 Å². The minimum Gasteiger partial charge on any atom is -0.397 e. The second-order valence-corrected chi connectivity index (χ2v) is 5.25.